The molecule has 1 fully saturated rings. The Morgan fingerprint density at radius 2 is 2.29 bits per heavy atom. The molecule has 1 unspecified atom stereocenters. The van der Waals surface area contributed by atoms with Gasteiger partial charge in [0.1, 0.15) is 18.9 Å². The number of aromatic nitrogens is 3. The SMILES string of the molecule is NC(=O)C1CCCN1C(=O)Cn1cnc(N)n1. The van der Waals surface area contributed by atoms with Crippen molar-refractivity contribution in [1.29, 1.82) is 0 Å². The first kappa shape index (κ1) is 11.4. The Balaban J connectivity index is 2.02. The molecule has 0 radical (unpaired) electrons. The molecule has 1 saturated heterocycles. The molecule has 1 aromatic rings. The van der Waals surface area contributed by atoms with E-state index < -0.39 is 11.9 Å². The molecule has 1 aliphatic heterocycles. The number of hydrogen-bond acceptors (Lipinski definition) is 5. The summed E-state index contributed by atoms with van der Waals surface area (Å²) < 4.78 is 1.34. The van der Waals surface area contributed by atoms with Gasteiger partial charge in [0.15, 0.2) is 0 Å². The number of nitrogens with zero attached hydrogens (tertiary/aromatic N) is 4. The summed E-state index contributed by atoms with van der Waals surface area (Å²) in [7, 11) is 0. The molecule has 17 heavy (non-hydrogen) atoms. The van der Waals surface area contributed by atoms with E-state index in [1.807, 2.05) is 0 Å². The Labute approximate surface area is 97.6 Å². The van der Waals surface area contributed by atoms with Crippen LogP contribution >= 0.6 is 0 Å². The molecule has 1 aliphatic rings. The van der Waals surface area contributed by atoms with E-state index in [0.29, 0.717) is 13.0 Å². The summed E-state index contributed by atoms with van der Waals surface area (Å²) in [6.45, 7) is 0.574. The minimum Gasteiger partial charge on any atom is -0.368 e. The average molecular weight is 238 g/mol. The van der Waals surface area contributed by atoms with Gasteiger partial charge in [0.2, 0.25) is 17.8 Å². The Bertz CT molecular complexity index is 442. The maximum atomic E-state index is 11.9. The molecule has 92 valence electrons. The minimum absolute atomic E-state index is 0.0218. The first-order valence-electron chi connectivity index (χ1n) is 5.31. The van der Waals surface area contributed by atoms with E-state index in [0.717, 1.165) is 6.42 Å². The summed E-state index contributed by atoms with van der Waals surface area (Å²) in [6, 6.07) is -0.497. The molecule has 1 atom stereocenters. The second-order valence-corrected chi connectivity index (χ2v) is 3.95. The van der Waals surface area contributed by atoms with Crippen molar-refractivity contribution in [3.05, 3.63) is 6.33 Å². The van der Waals surface area contributed by atoms with E-state index in [4.69, 9.17) is 11.5 Å². The zero-order chi connectivity index (χ0) is 12.4. The van der Waals surface area contributed by atoms with E-state index in [1.54, 1.807) is 0 Å². The molecule has 1 aromatic heterocycles. The molecule has 0 aliphatic carbocycles. The second-order valence-electron chi connectivity index (χ2n) is 3.95. The standard InChI is InChI=1S/C9H14N6O2/c10-8(17)6-2-1-3-15(6)7(16)4-14-5-12-9(11)13-14/h5-6H,1-4H2,(H2,10,17)(H2,11,13). The number of rotatable bonds is 3. The van der Waals surface area contributed by atoms with Gasteiger partial charge in [0.25, 0.3) is 0 Å². The van der Waals surface area contributed by atoms with Crippen LogP contribution in [0.25, 0.3) is 0 Å². The lowest BCUT2D eigenvalue weighted by atomic mass is 10.2. The van der Waals surface area contributed by atoms with Crippen molar-refractivity contribution >= 4 is 17.8 Å². The van der Waals surface area contributed by atoms with Crippen LogP contribution in [0.15, 0.2) is 6.33 Å². The van der Waals surface area contributed by atoms with Gasteiger partial charge in [-0.1, -0.05) is 0 Å². The van der Waals surface area contributed by atoms with Gasteiger partial charge >= 0.3 is 0 Å². The summed E-state index contributed by atoms with van der Waals surface area (Å²) >= 11 is 0. The van der Waals surface area contributed by atoms with Crippen LogP contribution in [-0.4, -0.2) is 44.1 Å². The van der Waals surface area contributed by atoms with Gasteiger partial charge in [-0.15, -0.1) is 5.10 Å². The molecule has 2 amide bonds. The molecule has 2 heterocycles. The highest BCUT2D eigenvalue weighted by Crippen LogP contribution is 2.17. The van der Waals surface area contributed by atoms with E-state index in [9.17, 15) is 9.59 Å². The predicted octanol–water partition coefficient (Wildman–Crippen LogP) is -1.66. The lowest BCUT2D eigenvalue weighted by Gasteiger charge is -2.21. The summed E-state index contributed by atoms with van der Waals surface area (Å²) in [5.74, 6) is -0.546. The molecule has 4 N–H and O–H groups in total. The van der Waals surface area contributed by atoms with Crippen LogP contribution in [0.1, 0.15) is 12.8 Å². The molecule has 8 heteroatoms. The van der Waals surface area contributed by atoms with Crippen molar-refractivity contribution < 1.29 is 9.59 Å². The van der Waals surface area contributed by atoms with Crippen LogP contribution < -0.4 is 11.5 Å². The van der Waals surface area contributed by atoms with Crippen LogP contribution in [-0.2, 0) is 16.1 Å². The monoisotopic (exact) mass is 238 g/mol. The van der Waals surface area contributed by atoms with Gasteiger partial charge in [-0.3, -0.25) is 9.59 Å². The van der Waals surface area contributed by atoms with Crippen molar-refractivity contribution in [2.24, 2.45) is 5.73 Å². The zero-order valence-electron chi connectivity index (χ0n) is 9.24. The third-order valence-electron chi connectivity index (χ3n) is 2.75. The Kier molecular flexibility index (Phi) is 2.94. The molecule has 2 rings (SSSR count). The van der Waals surface area contributed by atoms with E-state index in [2.05, 4.69) is 10.1 Å². The molecule has 0 bridgehead atoms. The largest absolute Gasteiger partial charge is 0.368 e. The fraction of sp³-hybridized carbons (Fsp3) is 0.556. The second kappa shape index (κ2) is 4.40. The third-order valence-corrected chi connectivity index (χ3v) is 2.75. The highest BCUT2D eigenvalue weighted by Gasteiger charge is 2.32. The van der Waals surface area contributed by atoms with Crippen molar-refractivity contribution in [3.63, 3.8) is 0 Å². The van der Waals surface area contributed by atoms with Gasteiger partial charge in [0.05, 0.1) is 0 Å². The first-order valence-corrected chi connectivity index (χ1v) is 5.31. The number of nitrogens with two attached hydrogens (primary N) is 2. The van der Waals surface area contributed by atoms with Crippen molar-refractivity contribution in [3.8, 4) is 0 Å². The first-order chi connectivity index (χ1) is 8.08. The molecular formula is C9H14N6O2. The number of carbonyl (C=O) groups is 2. The van der Waals surface area contributed by atoms with E-state index in [-0.39, 0.29) is 18.4 Å². The van der Waals surface area contributed by atoms with Crippen molar-refractivity contribution in [1.82, 2.24) is 19.7 Å². The number of hydrogen-bond donors (Lipinski definition) is 2. The van der Waals surface area contributed by atoms with E-state index >= 15 is 0 Å². The Hall–Kier alpha value is -2.12. The highest BCUT2D eigenvalue weighted by molar-refractivity contribution is 5.87. The fourth-order valence-corrected chi connectivity index (χ4v) is 1.98. The van der Waals surface area contributed by atoms with E-state index in [1.165, 1.54) is 15.9 Å². The number of primary amides is 1. The quantitative estimate of drug-likeness (QED) is 0.652. The summed E-state index contributed by atoms with van der Waals surface area (Å²) in [4.78, 5) is 28.3. The van der Waals surface area contributed by atoms with Crippen molar-refractivity contribution in [2.75, 3.05) is 12.3 Å². The lowest BCUT2D eigenvalue weighted by Crippen LogP contribution is -2.45. The summed E-state index contributed by atoms with van der Waals surface area (Å²) in [5.41, 5.74) is 10.6. The number of nitrogen functional groups attached to an aromatic ring is 1. The fourth-order valence-electron chi connectivity index (χ4n) is 1.98. The zero-order valence-corrected chi connectivity index (χ0v) is 9.24. The average Bonchev–Trinajstić information content (AvgIpc) is 2.86. The summed E-state index contributed by atoms with van der Waals surface area (Å²) in [5, 5.41) is 3.81. The van der Waals surface area contributed by atoms with Gasteiger partial charge in [-0.2, -0.15) is 0 Å². The molecular weight excluding hydrogens is 224 g/mol. The number of amides is 2. The predicted molar refractivity (Wildman–Crippen MR) is 58.4 cm³/mol. The highest BCUT2D eigenvalue weighted by atomic mass is 16.2. The Morgan fingerprint density at radius 3 is 2.88 bits per heavy atom. The maximum absolute atomic E-state index is 11.9. The summed E-state index contributed by atoms with van der Waals surface area (Å²) in [6.07, 6.45) is 2.79. The van der Waals surface area contributed by atoms with Crippen LogP contribution in [0.4, 0.5) is 5.95 Å². The van der Waals surface area contributed by atoms with Crippen LogP contribution in [0.5, 0.6) is 0 Å². The van der Waals surface area contributed by atoms with Gasteiger partial charge in [-0.25, -0.2) is 9.67 Å². The van der Waals surface area contributed by atoms with Crippen LogP contribution in [0, 0.1) is 0 Å². The Morgan fingerprint density at radius 1 is 1.53 bits per heavy atom. The molecule has 8 nitrogen and oxygen atoms in total. The smallest absolute Gasteiger partial charge is 0.245 e. The number of anilines is 1. The van der Waals surface area contributed by atoms with Gasteiger partial charge < -0.3 is 16.4 Å². The number of carbonyl (C=O) groups excluding carboxylic acids is 2. The normalized spacial score (nSPS) is 19.5. The molecule has 0 spiro atoms. The van der Waals surface area contributed by atoms with Crippen LogP contribution in [0.2, 0.25) is 0 Å². The third kappa shape index (κ3) is 2.35. The minimum atomic E-state index is -0.497. The number of likely N-dealkylation sites (tertiary alicyclic amines) is 1. The van der Waals surface area contributed by atoms with Crippen molar-refractivity contribution in [2.45, 2.75) is 25.4 Å². The van der Waals surface area contributed by atoms with Gasteiger partial charge in [0, 0.05) is 6.54 Å². The molecule has 0 saturated carbocycles. The lowest BCUT2D eigenvalue weighted by molar-refractivity contribution is -0.137. The van der Waals surface area contributed by atoms with Gasteiger partial charge in [-0.05, 0) is 12.8 Å². The topological polar surface area (TPSA) is 120 Å². The maximum Gasteiger partial charge on any atom is 0.245 e. The van der Waals surface area contributed by atoms with Crippen LogP contribution in [0.3, 0.4) is 0 Å². The molecule has 0 aromatic carbocycles.